The molecule has 0 aliphatic heterocycles. The van der Waals surface area contributed by atoms with Crippen molar-refractivity contribution in [3.8, 4) is 12.1 Å². The third-order valence-electron chi connectivity index (χ3n) is 2.66. The van der Waals surface area contributed by atoms with Gasteiger partial charge in [0.1, 0.15) is 5.60 Å². The lowest BCUT2D eigenvalue weighted by Gasteiger charge is -2.24. The van der Waals surface area contributed by atoms with Crippen molar-refractivity contribution < 1.29 is 9.53 Å². The number of aryl methyl sites for hydroxylation is 2. The topological polar surface area (TPSA) is 129 Å². The van der Waals surface area contributed by atoms with E-state index < -0.39 is 11.7 Å². The summed E-state index contributed by atoms with van der Waals surface area (Å²) in [5.74, 6) is 5.94. The summed E-state index contributed by atoms with van der Waals surface area (Å²) >= 11 is 0. The molecule has 1 heterocycles. The number of rotatable bonds is 5. The first-order valence-electron chi connectivity index (χ1n) is 7.15. The van der Waals surface area contributed by atoms with Crippen molar-refractivity contribution in [3.63, 3.8) is 0 Å². The van der Waals surface area contributed by atoms with Crippen LogP contribution in [0, 0.1) is 22.7 Å². The molecular formula is C15H20N6O2. The molecule has 0 bridgehead atoms. The fourth-order valence-electron chi connectivity index (χ4n) is 1.71. The van der Waals surface area contributed by atoms with Gasteiger partial charge in [-0.25, -0.2) is 15.6 Å². The number of nitrogens with two attached hydrogens (primary N) is 1. The third kappa shape index (κ3) is 5.89. The Morgan fingerprint density at radius 1 is 1.30 bits per heavy atom. The van der Waals surface area contributed by atoms with Gasteiger partial charge in [-0.1, -0.05) is 0 Å². The number of hydrogen-bond donors (Lipinski definition) is 1. The second kappa shape index (κ2) is 8.06. The molecule has 0 radical (unpaired) electrons. The lowest BCUT2D eigenvalue weighted by Crippen LogP contribution is -2.42. The highest BCUT2D eigenvalue weighted by Crippen LogP contribution is 2.18. The average molecular weight is 316 g/mol. The second-order valence-corrected chi connectivity index (χ2v) is 5.80. The number of carbonyl (C=O) groups is 1. The predicted octanol–water partition coefficient (Wildman–Crippen LogP) is 2.00. The fraction of sp³-hybridized carbons (Fsp3) is 0.533. The van der Waals surface area contributed by atoms with Crippen LogP contribution in [0.5, 0.6) is 0 Å². The molecule has 0 fully saturated rings. The molecule has 23 heavy (non-hydrogen) atoms. The third-order valence-corrected chi connectivity index (χ3v) is 2.66. The molecule has 0 aliphatic rings. The van der Waals surface area contributed by atoms with Gasteiger partial charge in [0.2, 0.25) is 0 Å². The van der Waals surface area contributed by atoms with E-state index in [1.165, 1.54) is 6.20 Å². The molecule has 0 atom stereocenters. The summed E-state index contributed by atoms with van der Waals surface area (Å²) in [5.41, 5.74) is 0.345. The number of nitriles is 2. The van der Waals surface area contributed by atoms with E-state index in [1.54, 1.807) is 20.8 Å². The van der Waals surface area contributed by atoms with Crippen LogP contribution in [0.2, 0.25) is 0 Å². The van der Waals surface area contributed by atoms with Crippen LogP contribution >= 0.6 is 0 Å². The van der Waals surface area contributed by atoms with Gasteiger partial charge >= 0.3 is 6.09 Å². The maximum atomic E-state index is 12.0. The van der Waals surface area contributed by atoms with Crippen molar-refractivity contribution in [2.45, 2.75) is 52.1 Å². The minimum Gasteiger partial charge on any atom is -0.442 e. The van der Waals surface area contributed by atoms with Crippen LogP contribution in [0.3, 0.4) is 0 Å². The number of hydrazine groups is 1. The van der Waals surface area contributed by atoms with Gasteiger partial charge in [0.25, 0.3) is 0 Å². The van der Waals surface area contributed by atoms with Crippen LogP contribution in [-0.2, 0) is 17.6 Å². The molecular weight excluding hydrogens is 296 g/mol. The second-order valence-electron chi connectivity index (χ2n) is 5.80. The standard InChI is InChI=1S/C15H20N6O2/c1-15(2,3)23-14(22)21(18)13-12(7-5-9-17)20-11(10-19-13)6-4-8-16/h10H,4-7,18H2,1-3H3. The van der Waals surface area contributed by atoms with Crippen molar-refractivity contribution in [3.05, 3.63) is 17.6 Å². The number of nitrogens with zero attached hydrogens (tertiary/aromatic N) is 5. The smallest absolute Gasteiger partial charge is 0.430 e. The zero-order chi connectivity index (χ0) is 17.5. The van der Waals surface area contributed by atoms with Crippen LogP contribution in [-0.4, -0.2) is 21.7 Å². The number of hydrogen-bond acceptors (Lipinski definition) is 7. The summed E-state index contributed by atoms with van der Waals surface area (Å²) in [7, 11) is 0. The Morgan fingerprint density at radius 3 is 2.48 bits per heavy atom. The van der Waals surface area contributed by atoms with E-state index in [1.807, 2.05) is 12.1 Å². The van der Waals surface area contributed by atoms with Gasteiger partial charge in [-0.15, -0.1) is 0 Å². The van der Waals surface area contributed by atoms with E-state index in [2.05, 4.69) is 9.97 Å². The first-order valence-corrected chi connectivity index (χ1v) is 7.15. The summed E-state index contributed by atoms with van der Waals surface area (Å²) in [4.78, 5) is 20.6. The molecule has 1 aromatic heterocycles. The SMILES string of the molecule is CC(C)(C)OC(=O)N(N)c1ncc(CCC#N)nc1CCC#N. The average Bonchev–Trinajstić information content (AvgIpc) is 2.48. The first kappa shape index (κ1) is 18.3. The Bertz CT molecular complexity index is 639. The number of ether oxygens (including phenoxy) is 1. The lowest BCUT2D eigenvalue weighted by molar-refractivity contribution is 0.0578. The van der Waals surface area contributed by atoms with Crippen LogP contribution < -0.4 is 10.9 Å². The molecule has 0 aliphatic carbocycles. The molecule has 0 unspecified atom stereocenters. The van der Waals surface area contributed by atoms with Crippen molar-refractivity contribution in [2.75, 3.05) is 5.01 Å². The molecule has 0 spiro atoms. The highest BCUT2D eigenvalue weighted by molar-refractivity contribution is 5.85. The van der Waals surface area contributed by atoms with Gasteiger partial charge < -0.3 is 4.74 Å². The zero-order valence-electron chi connectivity index (χ0n) is 13.5. The van der Waals surface area contributed by atoms with Crippen molar-refractivity contribution in [2.24, 2.45) is 5.84 Å². The first-order chi connectivity index (χ1) is 10.8. The Labute approximate surface area is 135 Å². The number of amides is 1. The highest BCUT2D eigenvalue weighted by Gasteiger charge is 2.24. The molecule has 1 rings (SSSR count). The van der Waals surface area contributed by atoms with Crippen molar-refractivity contribution >= 4 is 11.9 Å². The molecule has 8 heteroatoms. The molecule has 1 aromatic rings. The van der Waals surface area contributed by atoms with Crippen LogP contribution in [0.1, 0.15) is 45.0 Å². The minimum absolute atomic E-state index is 0.148. The van der Waals surface area contributed by atoms with Gasteiger partial charge in [-0.3, -0.25) is 4.98 Å². The van der Waals surface area contributed by atoms with Gasteiger partial charge in [-0.2, -0.15) is 15.5 Å². The molecule has 8 nitrogen and oxygen atoms in total. The Hall–Kier alpha value is -2.71. The van der Waals surface area contributed by atoms with Crippen LogP contribution in [0.4, 0.5) is 10.6 Å². The number of anilines is 1. The van der Waals surface area contributed by atoms with E-state index >= 15 is 0 Å². The van der Waals surface area contributed by atoms with Crippen molar-refractivity contribution in [1.82, 2.24) is 9.97 Å². The number of aromatic nitrogens is 2. The predicted molar refractivity (Wildman–Crippen MR) is 82.8 cm³/mol. The summed E-state index contributed by atoms with van der Waals surface area (Å²) in [6.07, 6.45) is 1.98. The normalized spacial score (nSPS) is 10.5. The van der Waals surface area contributed by atoms with Crippen molar-refractivity contribution in [1.29, 1.82) is 10.5 Å². The van der Waals surface area contributed by atoms with Gasteiger partial charge in [0.05, 0.1) is 29.7 Å². The fourth-order valence-corrected chi connectivity index (χ4v) is 1.71. The summed E-state index contributed by atoms with van der Waals surface area (Å²) < 4.78 is 5.19. The quantitative estimate of drug-likeness (QED) is 0.499. The van der Waals surface area contributed by atoms with E-state index in [-0.39, 0.29) is 12.2 Å². The van der Waals surface area contributed by atoms with Gasteiger partial charge in [-0.05, 0) is 20.8 Å². The van der Waals surface area contributed by atoms with Crippen LogP contribution in [0.15, 0.2) is 6.20 Å². The lowest BCUT2D eigenvalue weighted by atomic mass is 10.2. The molecule has 122 valence electrons. The zero-order valence-corrected chi connectivity index (χ0v) is 13.5. The van der Waals surface area contributed by atoms with Gasteiger partial charge in [0, 0.05) is 25.7 Å². The monoisotopic (exact) mass is 316 g/mol. The van der Waals surface area contributed by atoms with E-state index in [0.29, 0.717) is 30.7 Å². The van der Waals surface area contributed by atoms with Gasteiger partial charge in [0.15, 0.2) is 5.82 Å². The summed E-state index contributed by atoms with van der Waals surface area (Å²) in [6.45, 7) is 5.18. The number of carbonyl (C=O) groups excluding carboxylic acids is 1. The molecule has 0 aromatic carbocycles. The maximum absolute atomic E-state index is 12.0. The molecule has 0 saturated carbocycles. The Balaban J connectivity index is 3.05. The maximum Gasteiger partial charge on any atom is 0.430 e. The Kier molecular flexibility index (Phi) is 6.43. The Morgan fingerprint density at radius 2 is 1.91 bits per heavy atom. The summed E-state index contributed by atoms with van der Waals surface area (Å²) in [5, 5.41) is 18.2. The molecule has 0 saturated heterocycles. The molecule has 1 amide bonds. The van der Waals surface area contributed by atoms with E-state index in [0.717, 1.165) is 5.01 Å². The molecule has 2 N–H and O–H groups in total. The van der Waals surface area contributed by atoms with E-state index in [9.17, 15) is 4.79 Å². The van der Waals surface area contributed by atoms with E-state index in [4.69, 9.17) is 21.1 Å². The van der Waals surface area contributed by atoms with Crippen LogP contribution in [0.25, 0.3) is 0 Å². The summed E-state index contributed by atoms with van der Waals surface area (Å²) in [6, 6.07) is 4.05. The largest absolute Gasteiger partial charge is 0.442 e. The minimum atomic E-state index is -0.755. The highest BCUT2D eigenvalue weighted by atomic mass is 16.6.